The van der Waals surface area contributed by atoms with Crippen LogP contribution in [0.4, 0.5) is 5.69 Å². The standard InChI is InChI=1S/C12H9NO4S/c1-8-12(4-5-17-8)18-10-2-3-11(13(15)16)9(6-10)7-14/h2-7H,1H3. The first-order valence-electron chi connectivity index (χ1n) is 5.07. The predicted octanol–water partition coefficient (Wildman–Crippen LogP) is 3.46. The molecule has 5 nitrogen and oxygen atoms in total. The van der Waals surface area contributed by atoms with E-state index in [0.29, 0.717) is 6.29 Å². The van der Waals surface area contributed by atoms with E-state index in [-0.39, 0.29) is 11.3 Å². The van der Waals surface area contributed by atoms with Crippen molar-refractivity contribution in [2.75, 3.05) is 0 Å². The Morgan fingerprint density at radius 1 is 1.39 bits per heavy atom. The van der Waals surface area contributed by atoms with Gasteiger partial charge in [-0.3, -0.25) is 14.9 Å². The molecule has 0 bridgehead atoms. The van der Waals surface area contributed by atoms with Crippen molar-refractivity contribution in [1.29, 1.82) is 0 Å². The third-order valence-corrected chi connectivity index (χ3v) is 3.49. The highest BCUT2D eigenvalue weighted by Crippen LogP contribution is 2.33. The zero-order valence-electron chi connectivity index (χ0n) is 9.45. The molecule has 0 saturated carbocycles. The van der Waals surface area contributed by atoms with Gasteiger partial charge in [0.25, 0.3) is 5.69 Å². The van der Waals surface area contributed by atoms with Gasteiger partial charge in [-0.1, -0.05) is 11.8 Å². The third kappa shape index (κ3) is 2.43. The molecule has 0 N–H and O–H groups in total. The molecule has 1 heterocycles. The van der Waals surface area contributed by atoms with E-state index in [4.69, 9.17) is 4.42 Å². The summed E-state index contributed by atoms with van der Waals surface area (Å²) in [6.07, 6.45) is 2.06. The Morgan fingerprint density at radius 2 is 2.17 bits per heavy atom. The summed E-state index contributed by atoms with van der Waals surface area (Å²) in [6.45, 7) is 1.83. The fourth-order valence-corrected chi connectivity index (χ4v) is 2.35. The second-order valence-corrected chi connectivity index (χ2v) is 4.65. The third-order valence-electron chi connectivity index (χ3n) is 2.36. The summed E-state index contributed by atoms with van der Waals surface area (Å²) in [6, 6.07) is 6.26. The largest absolute Gasteiger partial charge is 0.468 e. The molecular weight excluding hydrogens is 254 g/mol. The number of hydrogen-bond acceptors (Lipinski definition) is 5. The molecule has 0 aliphatic rings. The molecule has 0 radical (unpaired) electrons. The predicted molar refractivity (Wildman–Crippen MR) is 66.1 cm³/mol. The first-order valence-corrected chi connectivity index (χ1v) is 5.89. The van der Waals surface area contributed by atoms with Gasteiger partial charge in [0.2, 0.25) is 0 Å². The van der Waals surface area contributed by atoms with Crippen molar-refractivity contribution in [2.45, 2.75) is 16.7 Å². The van der Waals surface area contributed by atoms with E-state index in [9.17, 15) is 14.9 Å². The number of carbonyl (C=O) groups is 1. The molecule has 92 valence electrons. The summed E-state index contributed by atoms with van der Waals surface area (Å²) >= 11 is 1.40. The van der Waals surface area contributed by atoms with E-state index in [0.717, 1.165) is 15.6 Å². The molecule has 6 heteroatoms. The lowest BCUT2D eigenvalue weighted by atomic mass is 10.2. The van der Waals surface area contributed by atoms with E-state index >= 15 is 0 Å². The van der Waals surface area contributed by atoms with Crippen LogP contribution in [-0.4, -0.2) is 11.2 Å². The number of furan rings is 1. The van der Waals surface area contributed by atoms with Crippen molar-refractivity contribution in [1.82, 2.24) is 0 Å². The minimum atomic E-state index is -0.568. The Bertz CT molecular complexity index is 606. The minimum absolute atomic E-state index is 0.0751. The van der Waals surface area contributed by atoms with Crippen LogP contribution >= 0.6 is 11.8 Å². The van der Waals surface area contributed by atoms with Gasteiger partial charge in [0, 0.05) is 11.0 Å². The van der Waals surface area contributed by atoms with Crippen LogP contribution in [0.1, 0.15) is 16.1 Å². The average Bonchev–Trinajstić information content (AvgIpc) is 2.74. The van der Waals surface area contributed by atoms with Crippen LogP contribution < -0.4 is 0 Å². The van der Waals surface area contributed by atoms with E-state index in [2.05, 4.69) is 0 Å². The minimum Gasteiger partial charge on any atom is -0.468 e. The number of aryl methyl sites for hydroxylation is 1. The molecule has 0 spiro atoms. The maximum absolute atomic E-state index is 10.8. The molecule has 2 rings (SSSR count). The Hall–Kier alpha value is -2.08. The van der Waals surface area contributed by atoms with Gasteiger partial charge >= 0.3 is 0 Å². The highest BCUT2D eigenvalue weighted by atomic mass is 32.2. The topological polar surface area (TPSA) is 73.3 Å². The summed E-state index contributed by atoms with van der Waals surface area (Å²) in [7, 11) is 0. The quantitative estimate of drug-likeness (QED) is 0.479. The van der Waals surface area contributed by atoms with E-state index in [1.165, 1.54) is 23.9 Å². The zero-order chi connectivity index (χ0) is 13.1. The Labute approximate surface area is 107 Å². The van der Waals surface area contributed by atoms with Gasteiger partial charge in [0.1, 0.15) is 5.76 Å². The molecule has 0 saturated heterocycles. The average molecular weight is 263 g/mol. The van der Waals surface area contributed by atoms with E-state index < -0.39 is 4.92 Å². The number of aldehydes is 1. The molecule has 1 aromatic heterocycles. The Morgan fingerprint density at radius 3 is 2.72 bits per heavy atom. The van der Waals surface area contributed by atoms with Crippen molar-refractivity contribution < 1.29 is 14.1 Å². The lowest BCUT2D eigenvalue weighted by Gasteiger charge is -2.01. The Balaban J connectivity index is 2.33. The molecule has 0 aliphatic heterocycles. The fourth-order valence-electron chi connectivity index (χ4n) is 1.46. The normalized spacial score (nSPS) is 10.3. The van der Waals surface area contributed by atoms with Gasteiger partial charge in [-0.25, -0.2) is 0 Å². The summed E-state index contributed by atoms with van der Waals surface area (Å²) in [5.74, 6) is 0.769. The van der Waals surface area contributed by atoms with Crippen molar-refractivity contribution in [3.05, 3.63) is 52.0 Å². The summed E-state index contributed by atoms with van der Waals surface area (Å²) in [4.78, 5) is 22.6. The SMILES string of the molecule is Cc1occc1Sc1ccc([N+](=O)[O-])c(C=O)c1. The van der Waals surface area contributed by atoms with Crippen LogP contribution in [0.25, 0.3) is 0 Å². The van der Waals surface area contributed by atoms with Crippen molar-refractivity contribution in [3.8, 4) is 0 Å². The number of rotatable bonds is 4. The molecule has 0 unspecified atom stereocenters. The van der Waals surface area contributed by atoms with Crippen molar-refractivity contribution >= 4 is 23.7 Å². The second-order valence-electron chi connectivity index (χ2n) is 3.54. The molecule has 0 aliphatic carbocycles. The smallest absolute Gasteiger partial charge is 0.279 e. The maximum Gasteiger partial charge on any atom is 0.279 e. The highest BCUT2D eigenvalue weighted by molar-refractivity contribution is 7.99. The molecule has 2 aromatic rings. The monoisotopic (exact) mass is 263 g/mol. The van der Waals surface area contributed by atoms with Crippen LogP contribution in [0.15, 0.2) is 44.7 Å². The lowest BCUT2D eigenvalue weighted by Crippen LogP contribution is -1.94. The van der Waals surface area contributed by atoms with Crippen LogP contribution in [0.5, 0.6) is 0 Å². The van der Waals surface area contributed by atoms with Crippen LogP contribution in [0, 0.1) is 17.0 Å². The van der Waals surface area contributed by atoms with Gasteiger partial charge in [0.05, 0.1) is 21.6 Å². The van der Waals surface area contributed by atoms with Crippen molar-refractivity contribution in [3.63, 3.8) is 0 Å². The van der Waals surface area contributed by atoms with Crippen molar-refractivity contribution in [2.24, 2.45) is 0 Å². The van der Waals surface area contributed by atoms with Crippen LogP contribution in [0.3, 0.4) is 0 Å². The summed E-state index contributed by atoms with van der Waals surface area (Å²) in [5.41, 5.74) is -0.107. The fraction of sp³-hybridized carbons (Fsp3) is 0.0833. The van der Waals surface area contributed by atoms with Gasteiger partial charge in [-0.05, 0) is 25.1 Å². The molecule has 1 aromatic carbocycles. The molecule has 0 fully saturated rings. The zero-order valence-corrected chi connectivity index (χ0v) is 10.3. The Kier molecular flexibility index (Phi) is 3.47. The lowest BCUT2D eigenvalue weighted by molar-refractivity contribution is -0.385. The number of benzene rings is 1. The highest BCUT2D eigenvalue weighted by Gasteiger charge is 2.14. The molecule has 18 heavy (non-hydrogen) atoms. The molecule has 0 amide bonds. The van der Waals surface area contributed by atoms with Crippen LogP contribution in [-0.2, 0) is 0 Å². The van der Waals surface area contributed by atoms with E-state index in [1.54, 1.807) is 12.3 Å². The number of nitro benzene ring substituents is 1. The number of nitrogens with zero attached hydrogens (tertiary/aromatic N) is 1. The second kappa shape index (κ2) is 5.05. The van der Waals surface area contributed by atoms with E-state index in [1.807, 2.05) is 13.0 Å². The molecular formula is C12H9NO4S. The van der Waals surface area contributed by atoms with Gasteiger partial charge in [0.15, 0.2) is 6.29 Å². The number of carbonyl (C=O) groups excluding carboxylic acids is 1. The first-order chi connectivity index (χ1) is 8.61. The maximum atomic E-state index is 10.8. The summed E-state index contributed by atoms with van der Waals surface area (Å²) < 4.78 is 5.16. The number of hydrogen-bond donors (Lipinski definition) is 0. The summed E-state index contributed by atoms with van der Waals surface area (Å²) in [5, 5.41) is 10.7. The van der Waals surface area contributed by atoms with Gasteiger partial charge < -0.3 is 4.42 Å². The number of nitro groups is 1. The van der Waals surface area contributed by atoms with Crippen LogP contribution in [0.2, 0.25) is 0 Å². The van der Waals surface area contributed by atoms with Gasteiger partial charge in [-0.2, -0.15) is 0 Å². The first kappa shape index (κ1) is 12.4. The van der Waals surface area contributed by atoms with Gasteiger partial charge in [-0.15, -0.1) is 0 Å². The molecule has 0 atom stereocenters.